The van der Waals surface area contributed by atoms with E-state index >= 15 is 0 Å². The van der Waals surface area contributed by atoms with Crippen molar-refractivity contribution in [3.8, 4) is 6.07 Å². The molecule has 120 valence electrons. The number of anilines is 2. The first-order chi connectivity index (χ1) is 11.6. The summed E-state index contributed by atoms with van der Waals surface area (Å²) < 4.78 is 15.5. The van der Waals surface area contributed by atoms with Gasteiger partial charge in [-0.2, -0.15) is 5.26 Å². The van der Waals surface area contributed by atoms with Crippen LogP contribution in [0.3, 0.4) is 0 Å². The normalized spacial score (nSPS) is 11.5. The SMILES string of the molecule is CCN=c1c2cc(Nc3cccc(F)c3C#N)ncc2ncn1C. The summed E-state index contributed by atoms with van der Waals surface area (Å²) in [6.07, 6.45) is 3.31. The van der Waals surface area contributed by atoms with Gasteiger partial charge >= 0.3 is 0 Å². The van der Waals surface area contributed by atoms with Crippen LogP contribution in [-0.4, -0.2) is 21.1 Å². The Morgan fingerprint density at radius 2 is 2.21 bits per heavy atom. The first-order valence-electron chi connectivity index (χ1n) is 7.41. The zero-order valence-corrected chi connectivity index (χ0v) is 13.3. The van der Waals surface area contributed by atoms with Crippen molar-refractivity contribution in [2.24, 2.45) is 12.0 Å². The molecule has 24 heavy (non-hydrogen) atoms. The number of pyridine rings is 1. The number of halogens is 1. The molecular weight excluding hydrogens is 307 g/mol. The van der Waals surface area contributed by atoms with Gasteiger partial charge in [0.05, 0.1) is 23.7 Å². The summed E-state index contributed by atoms with van der Waals surface area (Å²) in [6, 6.07) is 8.08. The van der Waals surface area contributed by atoms with Crippen molar-refractivity contribution in [1.29, 1.82) is 5.26 Å². The minimum absolute atomic E-state index is 0.0467. The molecule has 0 saturated heterocycles. The summed E-state index contributed by atoms with van der Waals surface area (Å²) in [7, 11) is 1.87. The van der Waals surface area contributed by atoms with Crippen LogP contribution in [0.1, 0.15) is 12.5 Å². The third kappa shape index (κ3) is 2.82. The van der Waals surface area contributed by atoms with Crippen molar-refractivity contribution in [2.75, 3.05) is 11.9 Å². The first kappa shape index (κ1) is 15.6. The minimum atomic E-state index is -0.571. The Labute approximate surface area is 138 Å². The van der Waals surface area contributed by atoms with Gasteiger partial charge < -0.3 is 9.88 Å². The number of nitrogens with one attached hydrogen (secondary N) is 1. The highest BCUT2D eigenvalue weighted by Crippen LogP contribution is 2.22. The van der Waals surface area contributed by atoms with E-state index in [-0.39, 0.29) is 5.56 Å². The lowest BCUT2D eigenvalue weighted by molar-refractivity contribution is 0.624. The molecule has 0 bridgehead atoms. The molecule has 3 aromatic rings. The number of fused-ring (bicyclic) bond motifs is 1. The standard InChI is InChI=1S/C17H15FN6/c1-3-20-17-11-7-16(21-9-15(11)22-10-24(17)2)23-14-6-4-5-13(18)12(14)8-19/h4-7,9-10H,3H2,1-2H3,(H,21,23). The molecule has 2 aromatic heterocycles. The maximum absolute atomic E-state index is 13.7. The van der Waals surface area contributed by atoms with Crippen LogP contribution in [0.25, 0.3) is 10.9 Å². The molecule has 0 saturated carbocycles. The lowest BCUT2D eigenvalue weighted by Gasteiger charge is -2.09. The summed E-state index contributed by atoms with van der Waals surface area (Å²) in [5, 5.41) is 12.9. The van der Waals surface area contributed by atoms with Crippen LogP contribution >= 0.6 is 0 Å². The van der Waals surface area contributed by atoms with Crippen molar-refractivity contribution in [3.63, 3.8) is 0 Å². The van der Waals surface area contributed by atoms with Crippen molar-refractivity contribution in [1.82, 2.24) is 14.5 Å². The van der Waals surface area contributed by atoms with Gasteiger partial charge in [0.1, 0.15) is 28.8 Å². The highest BCUT2D eigenvalue weighted by molar-refractivity contribution is 5.80. The molecule has 0 aliphatic carbocycles. The second kappa shape index (κ2) is 6.46. The molecular formula is C17H15FN6. The third-order valence-corrected chi connectivity index (χ3v) is 3.52. The molecule has 1 aromatic carbocycles. The molecule has 0 unspecified atom stereocenters. The van der Waals surface area contributed by atoms with E-state index in [4.69, 9.17) is 5.26 Å². The van der Waals surface area contributed by atoms with Gasteiger partial charge in [0.15, 0.2) is 0 Å². The quantitative estimate of drug-likeness (QED) is 0.804. The molecule has 1 N–H and O–H groups in total. The molecule has 0 fully saturated rings. The highest BCUT2D eigenvalue weighted by atomic mass is 19.1. The number of aryl methyl sites for hydroxylation is 1. The Morgan fingerprint density at radius 3 is 2.96 bits per heavy atom. The van der Waals surface area contributed by atoms with Gasteiger partial charge in [-0.15, -0.1) is 0 Å². The average Bonchev–Trinajstić information content (AvgIpc) is 2.58. The van der Waals surface area contributed by atoms with Gasteiger partial charge in [0.2, 0.25) is 0 Å². The van der Waals surface area contributed by atoms with Crippen LogP contribution in [0.4, 0.5) is 15.9 Å². The smallest absolute Gasteiger partial charge is 0.143 e. The van der Waals surface area contributed by atoms with E-state index in [1.54, 1.807) is 30.7 Å². The number of nitriles is 1. The highest BCUT2D eigenvalue weighted by Gasteiger charge is 2.09. The van der Waals surface area contributed by atoms with Crippen LogP contribution in [0.2, 0.25) is 0 Å². The number of nitrogens with zero attached hydrogens (tertiary/aromatic N) is 5. The van der Waals surface area contributed by atoms with E-state index in [0.717, 1.165) is 10.9 Å². The summed E-state index contributed by atoms with van der Waals surface area (Å²) >= 11 is 0. The molecule has 2 heterocycles. The fourth-order valence-electron chi connectivity index (χ4n) is 2.42. The Kier molecular flexibility index (Phi) is 4.20. The zero-order chi connectivity index (χ0) is 17.1. The van der Waals surface area contributed by atoms with Gasteiger partial charge in [-0.05, 0) is 25.1 Å². The summed E-state index contributed by atoms with van der Waals surface area (Å²) in [4.78, 5) is 13.1. The Hall–Kier alpha value is -3.27. The molecule has 0 aliphatic heterocycles. The van der Waals surface area contributed by atoms with E-state index < -0.39 is 5.82 Å². The lowest BCUT2D eigenvalue weighted by Crippen LogP contribution is -2.19. The summed E-state index contributed by atoms with van der Waals surface area (Å²) in [5.41, 5.74) is 1.82. The van der Waals surface area contributed by atoms with E-state index in [2.05, 4.69) is 20.3 Å². The predicted molar refractivity (Wildman–Crippen MR) is 89.0 cm³/mol. The van der Waals surface area contributed by atoms with Crippen molar-refractivity contribution in [3.05, 3.63) is 53.7 Å². The van der Waals surface area contributed by atoms with Gasteiger partial charge in [0.25, 0.3) is 0 Å². The number of aromatic nitrogens is 3. The second-order valence-corrected chi connectivity index (χ2v) is 5.14. The van der Waals surface area contributed by atoms with Gasteiger partial charge in [0, 0.05) is 19.0 Å². The van der Waals surface area contributed by atoms with E-state index in [9.17, 15) is 4.39 Å². The van der Waals surface area contributed by atoms with Crippen LogP contribution < -0.4 is 10.8 Å². The second-order valence-electron chi connectivity index (χ2n) is 5.14. The first-order valence-corrected chi connectivity index (χ1v) is 7.41. The van der Waals surface area contributed by atoms with Crippen molar-refractivity contribution in [2.45, 2.75) is 6.92 Å². The fraction of sp³-hybridized carbons (Fsp3) is 0.176. The summed E-state index contributed by atoms with van der Waals surface area (Å²) in [5.74, 6) is -0.0804. The Bertz CT molecular complexity index is 1020. The Morgan fingerprint density at radius 1 is 1.38 bits per heavy atom. The molecule has 0 atom stereocenters. The number of rotatable bonds is 3. The molecule has 0 amide bonds. The molecule has 6 nitrogen and oxygen atoms in total. The topological polar surface area (TPSA) is 78.9 Å². The van der Waals surface area contributed by atoms with E-state index in [0.29, 0.717) is 23.6 Å². The predicted octanol–water partition coefficient (Wildman–Crippen LogP) is 2.64. The molecule has 3 rings (SSSR count). The van der Waals surface area contributed by atoms with E-state index in [1.807, 2.05) is 24.6 Å². The zero-order valence-electron chi connectivity index (χ0n) is 13.3. The van der Waals surface area contributed by atoms with Crippen LogP contribution in [-0.2, 0) is 7.05 Å². The van der Waals surface area contributed by atoms with Crippen LogP contribution in [0.5, 0.6) is 0 Å². The van der Waals surface area contributed by atoms with Gasteiger partial charge in [-0.25, -0.2) is 14.4 Å². The fourth-order valence-corrected chi connectivity index (χ4v) is 2.42. The van der Waals surface area contributed by atoms with Crippen LogP contribution in [0, 0.1) is 17.1 Å². The number of hydrogen-bond donors (Lipinski definition) is 1. The molecule has 0 spiro atoms. The molecule has 0 aliphatic rings. The number of hydrogen-bond acceptors (Lipinski definition) is 5. The van der Waals surface area contributed by atoms with Crippen molar-refractivity contribution < 1.29 is 4.39 Å². The van der Waals surface area contributed by atoms with Gasteiger partial charge in [-0.3, -0.25) is 4.99 Å². The maximum Gasteiger partial charge on any atom is 0.143 e. The third-order valence-electron chi connectivity index (χ3n) is 3.52. The molecule has 0 radical (unpaired) electrons. The minimum Gasteiger partial charge on any atom is -0.339 e. The largest absolute Gasteiger partial charge is 0.339 e. The number of benzene rings is 1. The lowest BCUT2D eigenvalue weighted by atomic mass is 10.2. The monoisotopic (exact) mass is 322 g/mol. The van der Waals surface area contributed by atoms with E-state index in [1.165, 1.54) is 6.07 Å². The molecule has 7 heteroatoms. The van der Waals surface area contributed by atoms with Crippen molar-refractivity contribution >= 4 is 22.4 Å². The van der Waals surface area contributed by atoms with Crippen LogP contribution in [0.15, 0.2) is 41.8 Å². The Balaban J connectivity index is 2.13. The summed E-state index contributed by atoms with van der Waals surface area (Å²) in [6.45, 7) is 2.60. The van der Waals surface area contributed by atoms with Gasteiger partial charge in [-0.1, -0.05) is 6.07 Å². The maximum atomic E-state index is 13.7. The average molecular weight is 322 g/mol.